The summed E-state index contributed by atoms with van der Waals surface area (Å²) >= 11 is 0. The Morgan fingerprint density at radius 2 is 1.65 bits per heavy atom. The van der Waals surface area contributed by atoms with Gasteiger partial charge in [0.1, 0.15) is 11.2 Å². The van der Waals surface area contributed by atoms with E-state index in [2.05, 4.69) is 61.1 Å². The molecule has 2 aromatic carbocycles. The molecule has 0 bridgehead atoms. The van der Waals surface area contributed by atoms with Crippen LogP contribution >= 0.6 is 0 Å². The van der Waals surface area contributed by atoms with E-state index in [9.17, 15) is 0 Å². The zero-order chi connectivity index (χ0) is 16.5. The minimum absolute atomic E-state index is 0.741. The van der Waals surface area contributed by atoms with Crippen molar-refractivity contribution in [3.63, 3.8) is 0 Å². The van der Waals surface area contributed by atoms with Crippen LogP contribution < -0.4 is 4.68 Å². The summed E-state index contributed by atoms with van der Waals surface area (Å²) in [5.74, 6) is 0. The number of nitrogens with zero attached hydrogens (tertiary/aromatic N) is 3. The zero-order valence-electron chi connectivity index (χ0n) is 14.3. The van der Waals surface area contributed by atoms with Crippen LogP contribution in [0.25, 0.3) is 21.4 Å². The molecule has 3 heteroatoms. The molecule has 1 aliphatic heterocycles. The lowest BCUT2D eigenvalue weighted by Gasteiger charge is -2.14. The topological polar surface area (TPSA) is 13.2 Å². The molecule has 2 heterocycles. The predicted molar refractivity (Wildman–Crippen MR) is 92.5 cm³/mol. The van der Waals surface area contributed by atoms with E-state index in [-0.39, 0.29) is 0 Å². The van der Waals surface area contributed by atoms with Gasteiger partial charge in [-0.3, -0.25) is 0 Å². The molecule has 1 aromatic heterocycles. The van der Waals surface area contributed by atoms with Crippen LogP contribution in [-0.2, 0) is 6.54 Å². The Labute approximate surface area is 136 Å². The van der Waals surface area contributed by atoms with E-state index in [0.29, 0.717) is 0 Å². The van der Waals surface area contributed by atoms with Gasteiger partial charge in [0, 0.05) is 0 Å². The van der Waals surface area contributed by atoms with Crippen LogP contribution in [0.3, 0.4) is 0 Å². The van der Waals surface area contributed by atoms with Crippen LogP contribution in [0.15, 0.2) is 18.3 Å². The molecule has 4 rings (SSSR count). The summed E-state index contributed by atoms with van der Waals surface area (Å²) in [4.78, 5) is 3.68. The number of benzene rings is 2. The third-order valence-electron chi connectivity index (χ3n) is 5.62. The molecule has 0 amide bonds. The third-order valence-corrected chi connectivity index (χ3v) is 5.62. The maximum atomic E-state index is 7.40. The van der Waals surface area contributed by atoms with Crippen molar-refractivity contribution >= 4 is 16.6 Å². The molecule has 23 heavy (non-hydrogen) atoms. The molecule has 0 fully saturated rings. The highest BCUT2D eigenvalue weighted by molar-refractivity contribution is 5.88. The van der Waals surface area contributed by atoms with Crippen molar-refractivity contribution in [3.05, 3.63) is 63.1 Å². The molecule has 114 valence electrons. The highest BCUT2D eigenvalue weighted by Gasteiger charge is 2.33. The summed E-state index contributed by atoms with van der Waals surface area (Å²) in [7, 11) is 0. The zero-order valence-corrected chi connectivity index (χ0v) is 14.3. The first-order valence-electron chi connectivity index (χ1n) is 7.97. The van der Waals surface area contributed by atoms with Gasteiger partial charge in [-0.1, -0.05) is 12.1 Å². The summed E-state index contributed by atoms with van der Waals surface area (Å²) in [6.07, 6.45) is 2.21. The second-order valence-electron chi connectivity index (χ2n) is 6.62. The Bertz CT molecular complexity index is 1050. The SMILES string of the molecule is [C-]#[N+]c1ccc2c[n+]3n(c2c1C)-c1c(C)c(C)c(C)c(C)c1C3. The molecule has 0 saturated heterocycles. The van der Waals surface area contributed by atoms with Gasteiger partial charge in [0.05, 0.1) is 17.5 Å². The van der Waals surface area contributed by atoms with Gasteiger partial charge in [-0.25, -0.2) is 4.85 Å². The average Bonchev–Trinajstić information content (AvgIpc) is 3.07. The van der Waals surface area contributed by atoms with Gasteiger partial charge in [-0.15, -0.1) is 9.36 Å². The van der Waals surface area contributed by atoms with Crippen molar-refractivity contribution in [2.75, 3.05) is 0 Å². The fraction of sp³-hybridized carbons (Fsp3) is 0.300. The van der Waals surface area contributed by atoms with E-state index < -0.39 is 0 Å². The van der Waals surface area contributed by atoms with Gasteiger partial charge in [0.2, 0.25) is 6.20 Å². The molecule has 0 unspecified atom stereocenters. The largest absolute Gasteiger partial charge is 0.238 e. The Balaban J connectivity index is 2.18. The highest BCUT2D eigenvalue weighted by Crippen LogP contribution is 2.36. The van der Waals surface area contributed by atoms with Crippen molar-refractivity contribution in [2.24, 2.45) is 0 Å². The lowest BCUT2D eigenvalue weighted by molar-refractivity contribution is -0.749. The molecule has 3 nitrogen and oxygen atoms in total. The fourth-order valence-corrected chi connectivity index (χ4v) is 3.93. The summed E-state index contributed by atoms with van der Waals surface area (Å²) in [5, 5.41) is 1.20. The van der Waals surface area contributed by atoms with Crippen LogP contribution in [-0.4, -0.2) is 4.68 Å². The normalized spacial score (nSPS) is 12.3. The Morgan fingerprint density at radius 1 is 0.957 bits per heavy atom. The standard InChI is InChI=1S/C20H20N3/c1-11-12(2)14(4)20-17(13(11)3)10-22-9-16-7-8-18(21-6)15(5)19(16)23(20)22/h7-9H,10H2,1-5H3/q+1. The van der Waals surface area contributed by atoms with E-state index in [1.54, 1.807) is 0 Å². The molecular weight excluding hydrogens is 282 g/mol. The van der Waals surface area contributed by atoms with Crippen LogP contribution in [0.1, 0.15) is 33.4 Å². The number of aryl methyl sites for hydroxylation is 1. The van der Waals surface area contributed by atoms with Crippen molar-refractivity contribution in [1.82, 2.24) is 4.68 Å². The van der Waals surface area contributed by atoms with Crippen LogP contribution in [0.2, 0.25) is 0 Å². The van der Waals surface area contributed by atoms with Gasteiger partial charge in [-0.05, 0) is 62.4 Å². The highest BCUT2D eigenvalue weighted by atomic mass is 15.4. The third kappa shape index (κ3) is 1.61. The molecule has 3 aromatic rings. The predicted octanol–water partition coefficient (Wildman–Crippen LogP) is 4.37. The molecular formula is C20H20N3+. The van der Waals surface area contributed by atoms with E-state index in [4.69, 9.17) is 6.57 Å². The van der Waals surface area contributed by atoms with E-state index >= 15 is 0 Å². The van der Waals surface area contributed by atoms with Gasteiger partial charge < -0.3 is 0 Å². The van der Waals surface area contributed by atoms with Crippen molar-refractivity contribution < 1.29 is 4.68 Å². The maximum absolute atomic E-state index is 7.40. The first kappa shape index (κ1) is 14.0. The van der Waals surface area contributed by atoms with E-state index in [0.717, 1.165) is 17.8 Å². The van der Waals surface area contributed by atoms with Crippen molar-refractivity contribution in [3.8, 4) is 5.69 Å². The van der Waals surface area contributed by atoms with Crippen LogP contribution in [0, 0.1) is 41.2 Å². The Morgan fingerprint density at radius 3 is 2.35 bits per heavy atom. The lowest BCUT2D eigenvalue weighted by Crippen LogP contribution is -2.36. The molecule has 0 saturated carbocycles. The van der Waals surface area contributed by atoms with Gasteiger partial charge in [0.25, 0.3) is 0 Å². The van der Waals surface area contributed by atoms with Crippen molar-refractivity contribution in [1.29, 1.82) is 0 Å². The smallest absolute Gasteiger partial charge is 0.204 e. The number of rotatable bonds is 0. The first-order chi connectivity index (χ1) is 11.0. The fourth-order valence-electron chi connectivity index (χ4n) is 3.93. The monoisotopic (exact) mass is 302 g/mol. The van der Waals surface area contributed by atoms with E-state index in [1.165, 1.54) is 44.4 Å². The van der Waals surface area contributed by atoms with Gasteiger partial charge in [0.15, 0.2) is 12.2 Å². The summed E-state index contributed by atoms with van der Waals surface area (Å²) in [6.45, 7) is 19.2. The second-order valence-corrected chi connectivity index (χ2v) is 6.62. The summed E-state index contributed by atoms with van der Waals surface area (Å²) in [6, 6.07) is 4.00. The summed E-state index contributed by atoms with van der Waals surface area (Å²) in [5.41, 5.74) is 11.2. The van der Waals surface area contributed by atoms with Crippen LogP contribution in [0.4, 0.5) is 5.69 Å². The Kier molecular flexibility index (Phi) is 2.72. The number of aromatic nitrogens is 2. The Hall–Kier alpha value is -2.60. The quantitative estimate of drug-likeness (QED) is 0.338. The van der Waals surface area contributed by atoms with Gasteiger partial charge >= 0.3 is 0 Å². The van der Waals surface area contributed by atoms with Gasteiger partial charge in [-0.2, -0.15) is 0 Å². The molecule has 0 spiro atoms. The van der Waals surface area contributed by atoms with E-state index in [1.807, 2.05) is 6.07 Å². The first-order valence-corrected chi connectivity index (χ1v) is 7.97. The molecule has 0 N–H and O–H groups in total. The number of hydrogen-bond donors (Lipinski definition) is 0. The maximum Gasteiger partial charge on any atom is 0.204 e. The number of fused-ring (bicyclic) bond motifs is 5. The molecule has 1 aliphatic rings. The summed E-state index contributed by atoms with van der Waals surface area (Å²) < 4.78 is 4.61. The minimum Gasteiger partial charge on any atom is -0.238 e. The second kappa shape index (κ2) is 4.45. The van der Waals surface area contributed by atoms with Crippen molar-refractivity contribution in [2.45, 2.75) is 41.2 Å². The number of hydrogen-bond acceptors (Lipinski definition) is 0. The molecule has 0 aliphatic carbocycles. The molecule has 0 radical (unpaired) electrons. The van der Waals surface area contributed by atoms with Crippen LogP contribution in [0.5, 0.6) is 0 Å². The molecule has 0 atom stereocenters. The lowest BCUT2D eigenvalue weighted by atomic mass is 9.92. The minimum atomic E-state index is 0.741. The average molecular weight is 302 g/mol.